The van der Waals surface area contributed by atoms with Gasteiger partial charge in [-0.05, 0) is 54.7 Å². The summed E-state index contributed by atoms with van der Waals surface area (Å²) in [5, 5.41) is 8.24. The average molecular weight is 474 g/mol. The summed E-state index contributed by atoms with van der Waals surface area (Å²) in [7, 11) is -3.87. The topological polar surface area (TPSA) is 92.7 Å². The lowest BCUT2D eigenvalue weighted by molar-refractivity contribution is -0.137. The van der Waals surface area contributed by atoms with Crippen LogP contribution in [0.25, 0.3) is 0 Å². The normalized spacial score (nSPS) is 13.1. The minimum atomic E-state index is -4.64. The maximum atomic E-state index is 13.2. The number of nitrogens with one attached hydrogen (secondary N) is 1. The molecule has 10 heteroatoms. The van der Waals surface area contributed by atoms with Crippen molar-refractivity contribution < 1.29 is 36.2 Å². The summed E-state index contributed by atoms with van der Waals surface area (Å²) in [5.74, 6) is -1.27. The highest BCUT2D eigenvalue weighted by Gasteiger charge is 2.32. The van der Waals surface area contributed by atoms with Crippen molar-refractivity contribution in [3.63, 3.8) is 0 Å². The van der Waals surface area contributed by atoms with E-state index >= 15 is 0 Å². The molecule has 2 aromatic rings. The molecule has 0 bridgehead atoms. The molecule has 1 atom stereocenters. The molecule has 2 rings (SSSR count). The monoisotopic (exact) mass is 473 g/mol. The Morgan fingerprint density at radius 2 is 1.75 bits per heavy atom. The van der Waals surface area contributed by atoms with Gasteiger partial charge in [-0.3, -0.25) is 4.72 Å². The van der Waals surface area contributed by atoms with Crippen LogP contribution in [0.5, 0.6) is 5.75 Å². The van der Waals surface area contributed by atoms with Gasteiger partial charge in [-0.25, -0.2) is 13.2 Å². The number of carbonyl (C=O) groups is 1. The summed E-state index contributed by atoms with van der Waals surface area (Å²) in [6.45, 7) is 5.33. The number of anilines is 1. The number of rotatable bonds is 10. The van der Waals surface area contributed by atoms with Crippen LogP contribution >= 0.6 is 0 Å². The van der Waals surface area contributed by atoms with Crippen molar-refractivity contribution >= 4 is 21.7 Å². The average Bonchev–Trinajstić information content (AvgIpc) is 2.70. The number of benzene rings is 2. The summed E-state index contributed by atoms with van der Waals surface area (Å²) in [6.07, 6.45) is -3.89. The third-order valence-corrected chi connectivity index (χ3v) is 6.69. The van der Waals surface area contributed by atoms with Gasteiger partial charge in [0, 0.05) is 0 Å². The summed E-state index contributed by atoms with van der Waals surface area (Å²) in [6, 6.07) is 8.18. The second-order valence-electron chi connectivity index (χ2n) is 7.81. The van der Waals surface area contributed by atoms with E-state index in [4.69, 9.17) is 9.84 Å². The molecule has 32 heavy (non-hydrogen) atoms. The van der Waals surface area contributed by atoms with Gasteiger partial charge in [0.25, 0.3) is 0 Å². The number of ether oxygens (including phenoxy) is 1. The predicted molar refractivity (Wildman–Crippen MR) is 115 cm³/mol. The predicted octanol–water partition coefficient (Wildman–Crippen LogP) is 5.55. The number of carboxylic acids is 1. The van der Waals surface area contributed by atoms with Crippen LogP contribution in [0.4, 0.5) is 18.9 Å². The Kier molecular flexibility index (Phi) is 8.17. The SMILES string of the molecule is CCC(CC(C)C)S(=O)(=O)Nc1ccc(C(F)(F)F)cc1OCc1ccc(C(=O)O)cc1. The van der Waals surface area contributed by atoms with E-state index in [9.17, 15) is 26.4 Å². The first-order chi connectivity index (χ1) is 14.8. The molecule has 0 aromatic heterocycles. The van der Waals surface area contributed by atoms with E-state index in [1.807, 2.05) is 13.8 Å². The Balaban J connectivity index is 2.33. The van der Waals surface area contributed by atoms with Gasteiger partial charge in [-0.15, -0.1) is 0 Å². The van der Waals surface area contributed by atoms with Gasteiger partial charge < -0.3 is 9.84 Å². The quantitative estimate of drug-likeness (QED) is 0.472. The lowest BCUT2D eigenvalue weighted by Crippen LogP contribution is -2.29. The third-order valence-electron chi connectivity index (χ3n) is 4.78. The van der Waals surface area contributed by atoms with E-state index in [1.54, 1.807) is 6.92 Å². The Morgan fingerprint density at radius 1 is 1.12 bits per heavy atom. The smallest absolute Gasteiger partial charge is 0.416 e. The summed E-state index contributed by atoms with van der Waals surface area (Å²) >= 11 is 0. The molecular weight excluding hydrogens is 447 g/mol. The Labute approximate surface area is 185 Å². The highest BCUT2D eigenvalue weighted by atomic mass is 32.2. The van der Waals surface area contributed by atoms with E-state index in [2.05, 4.69) is 4.72 Å². The molecule has 0 saturated heterocycles. The molecule has 2 N–H and O–H groups in total. The van der Waals surface area contributed by atoms with Crippen LogP contribution in [0.15, 0.2) is 42.5 Å². The molecule has 2 aromatic carbocycles. The van der Waals surface area contributed by atoms with Crippen molar-refractivity contribution in [2.24, 2.45) is 5.92 Å². The first-order valence-corrected chi connectivity index (χ1v) is 11.6. The molecule has 0 spiro atoms. The molecule has 0 aliphatic heterocycles. The number of carboxylic acid groups (broad SMARTS) is 1. The van der Waals surface area contributed by atoms with E-state index < -0.39 is 33.0 Å². The van der Waals surface area contributed by atoms with Crippen LogP contribution in [-0.4, -0.2) is 24.7 Å². The largest absolute Gasteiger partial charge is 0.487 e. The molecule has 0 radical (unpaired) electrons. The molecule has 0 amide bonds. The lowest BCUT2D eigenvalue weighted by Gasteiger charge is -2.21. The molecule has 0 saturated carbocycles. The van der Waals surface area contributed by atoms with Gasteiger partial charge in [0.05, 0.1) is 22.1 Å². The van der Waals surface area contributed by atoms with Crippen molar-refractivity contribution in [1.82, 2.24) is 0 Å². The number of aromatic carboxylic acids is 1. The van der Waals surface area contributed by atoms with Crippen LogP contribution in [-0.2, 0) is 22.8 Å². The first-order valence-electron chi connectivity index (χ1n) is 10.0. The van der Waals surface area contributed by atoms with Crippen LogP contribution in [0.1, 0.15) is 55.1 Å². The summed E-state index contributed by atoms with van der Waals surface area (Å²) in [4.78, 5) is 10.9. The van der Waals surface area contributed by atoms with Crippen molar-refractivity contribution in [2.75, 3.05) is 4.72 Å². The molecule has 1 unspecified atom stereocenters. The van der Waals surface area contributed by atoms with Gasteiger partial charge in [0.1, 0.15) is 12.4 Å². The van der Waals surface area contributed by atoms with Crippen molar-refractivity contribution in [1.29, 1.82) is 0 Å². The minimum Gasteiger partial charge on any atom is -0.487 e. The molecule has 0 heterocycles. The zero-order chi connectivity index (χ0) is 24.1. The van der Waals surface area contributed by atoms with Gasteiger partial charge in [0.2, 0.25) is 10.0 Å². The Bertz CT molecular complexity index is 1030. The van der Waals surface area contributed by atoms with Crippen LogP contribution in [0.3, 0.4) is 0 Å². The molecule has 6 nitrogen and oxygen atoms in total. The second-order valence-corrected chi connectivity index (χ2v) is 9.77. The maximum absolute atomic E-state index is 13.2. The highest BCUT2D eigenvalue weighted by molar-refractivity contribution is 7.93. The number of halogens is 3. The molecule has 0 aliphatic carbocycles. The number of sulfonamides is 1. The fourth-order valence-electron chi connectivity index (χ4n) is 3.08. The maximum Gasteiger partial charge on any atom is 0.416 e. The standard InChI is InChI=1S/C22H26F3NO5S/c1-4-18(11-14(2)3)32(29,30)26-19-10-9-17(22(23,24)25)12-20(19)31-13-15-5-7-16(8-6-15)21(27)28/h5-10,12,14,18,26H,4,11,13H2,1-3H3,(H,27,28). The van der Waals surface area contributed by atoms with Crippen molar-refractivity contribution in [3.05, 3.63) is 59.2 Å². The van der Waals surface area contributed by atoms with Crippen LogP contribution < -0.4 is 9.46 Å². The zero-order valence-corrected chi connectivity index (χ0v) is 18.8. The van der Waals surface area contributed by atoms with E-state index in [-0.39, 0.29) is 29.5 Å². The van der Waals surface area contributed by atoms with E-state index in [1.165, 1.54) is 24.3 Å². The number of alkyl halides is 3. The van der Waals surface area contributed by atoms with Gasteiger partial charge in [-0.1, -0.05) is 32.9 Å². The van der Waals surface area contributed by atoms with Gasteiger partial charge in [-0.2, -0.15) is 13.2 Å². The van der Waals surface area contributed by atoms with E-state index in [0.29, 0.717) is 18.4 Å². The van der Waals surface area contributed by atoms with Crippen LogP contribution in [0, 0.1) is 5.92 Å². The highest BCUT2D eigenvalue weighted by Crippen LogP contribution is 2.36. The molecule has 176 valence electrons. The first kappa shape index (κ1) is 25.5. The second kappa shape index (κ2) is 10.2. The zero-order valence-electron chi connectivity index (χ0n) is 17.9. The van der Waals surface area contributed by atoms with Gasteiger partial charge >= 0.3 is 12.1 Å². The van der Waals surface area contributed by atoms with Crippen LogP contribution in [0.2, 0.25) is 0 Å². The fourth-order valence-corrected chi connectivity index (χ4v) is 4.80. The molecule has 0 aliphatic rings. The third kappa shape index (κ3) is 6.88. The Hall–Kier alpha value is -2.75. The van der Waals surface area contributed by atoms with Gasteiger partial charge in [0.15, 0.2) is 0 Å². The lowest BCUT2D eigenvalue weighted by atomic mass is 10.1. The fraction of sp³-hybridized carbons (Fsp3) is 0.409. The molecular formula is C22H26F3NO5S. The Morgan fingerprint density at radius 3 is 2.25 bits per heavy atom. The number of hydrogen-bond acceptors (Lipinski definition) is 4. The minimum absolute atomic E-state index is 0.0528. The molecule has 0 fully saturated rings. The summed E-state index contributed by atoms with van der Waals surface area (Å²) in [5.41, 5.74) is -0.516. The summed E-state index contributed by atoms with van der Waals surface area (Å²) < 4.78 is 73.2. The van der Waals surface area contributed by atoms with E-state index in [0.717, 1.165) is 18.2 Å². The number of hydrogen-bond donors (Lipinski definition) is 2. The van der Waals surface area contributed by atoms with Crippen molar-refractivity contribution in [2.45, 2.75) is 51.6 Å². The van der Waals surface area contributed by atoms with Crippen molar-refractivity contribution in [3.8, 4) is 5.75 Å².